The van der Waals surface area contributed by atoms with E-state index < -0.39 is 0 Å². The van der Waals surface area contributed by atoms with Gasteiger partial charge in [0.15, 0.2) is 0 Å². The number of fused-ring (bicyclic) bond motifs is 1. The lowest BCUT2D eigenvalue weighted by molar-refractivity contribution is -0.118. The molecule has 0 heterocycles. The van der Waals surface area contributed by atoms with Crippen LogP contribution in [0, 0.1) is 0 Å². The van der Waals surface area contributed by atoms with Gasteiger partial charge in [-0.15, -0.1) is 0 Å². The normalized spacial score (nSPS) is 15.7. The van der Waals surface area contributed by atoms with E-state index in [0.29, 0.717) is 11.4 Å². The highest BCUT2D eigenvalue weighted by atomic mass is 32.1. The topological polar surface area (TPSA) is 55.1 Å². The fourth-order valence-electron chi connectivity index (χ4n) is 2.63. The maximum absolute atomic E-state index is 12.3. The molecule has 1 aliphatic carbocycles. The van der Waals surface area contributed by atoms with Crippen LogP contribution in [0.25, 0.3) is 0 Å². The van der Waals surface area contributed by atoms with Crippen molar-refractivity contribution in [2.45, 2.75) is 18.8 Å². The number of nitrogens with two attached hydrogens (primary N) is 1. The molecule has 106 valence electrons. The Morgan fingerprint density at radius 2 is 1.90 bits per heavy atom. The number of carbonyl (C=O) groups excluding carboxylic acids is 1. The van der Waals surface area contributed by atoms with Gasteiger partial charge in [-0.2, -0.15) is 0 Å². The molecule has 2 aromatic carbocycles. The standard InChI is InChI=1S/C17H16N2OS/c18-16(21)9-11-5-7-13(8-6-11)19-17(20)15-10-12-3-1-2-4-14(12)15/h1-8,15H,9-10H2,(H2,18,21)(H,19,20). The van der Waals surface area contributed by atoms with Crippen molar-refractivity contribution < 1.29 is 4.79 Å². The smallest absolute Gasteiger partial charge is 0.232 e. The van der Waals surface area contributed by atoms with Gasteiger partial charge in [0.2, 0.25) is 5.91 Å². The zero-order valence-corrected chi connectivity index (χ0v) is 12.3. The minimum absolute atomic E-state index is 0.0301. The maximum atomic E-state index is 12.3. The van der Waals surface area contributed by atoms with E-state index in [1.807, 2.05) is 42.5 Å². The van der Waals surface area contributed by atoms with Crippen LogP contribution >= 0.6 is 12.2 Å². The van der Waals surface area contributed by atoms with Crippen LogP contribution in [-0.4, -0.2) is 10.9 Å². The fourth-order valence-corrected chi connectivity index (χ4v) is 2.80. The molecule has 3 N–H and O–H groups in total. The summed E-state index contributed by atoms with van der Waals surface area (Å²) >= 11 is 4.88. The quantitative estimate of drug-likeness (QED) is 0.853. The second-order valence-corrected chi connectivity index (χ2v) is 5.81. The lowest BCUT2D eigenvalue weighted by atomic mass is 9.77. The summed E-state index contributed by atoms with van der Waals surface area (Å²) in [6.07, 6.45) is 1.40. The Morgan fingerprint density at radius 1 is 1.19 bits per heavy atom. The Labute approximate surface area is 129 Å². The zero-order chi connectivity index (χ0) is 14.8. The molecular formula is C17H16N2OS. The number of nitrogens with one attached hydrogen (secondary N) is 1. The number of thiocarbonyl (C=S) groups is 1. The van der Waals surface area contributed by atoms with Crippen molar-refractivity contribution in [3.05, 3.63) is 65.2 Å². The molecule has 21 heavy (non-hydrogen) atoms. The van der Waals surface area contributed by atoms with Crippen LogP contribution in [-0.2, 0) is 17.6 Å². The van der Waals surface area contributed by atoms with Crippen LogP contribution in [0.2, 0.25) is 0 Å². The highest BCUT2D eigenvalue weighted by Gasteiger charge is 2.31. The van der Waals surface area contributed by atoms with E-state index in [-0.39, 0.29) is 11.8 Å². The van der Waals surface area contributed by atoms with Gasteiger partial charge in [-0.1, -0.05) is 48.6 Å². The third-order valence-electron chi connectivity index (χ3n) is 3.77. The van der Waals surface area contributed by atoms with Crippen molar-refractivity contribution in [2.75, 3.05) is 5.32 Å². The highest BCUT2D eigenvalue weighted by Crippen LogP contribution is 2.35. The van der Waals surface area contributed by atoms with Gasteiger partial charge in [0, 0.05) is 12.1 Å². The first-order chi connectivity index (χ1) is 10.1. The van der Waals surface area contributed by atoms with Crippen molar-refractivity contribution >= 4 is 28.8 Å². The van der Waals surface area contributed by atoms with Crippen molar-refractivity contribution in [3.8, 4) is 0 Å². The van der Waals surface area contributed by atoms with Gasteiger partial charge in [-0.25, -0.2) is 0 Å². The Balaban J connectivity index is 1.65. The Morgan fingerprint density at radius 3 is 2.57 bits per heavy atom. The summed E-state index contributed by atoms with van der Waals surface area (Å²) in [5.74, 6) is 0.0216. The molecule has 2 aromatic rings. The average molecular weight is 296 g/mol. The summed E-state index contributed by atoms with van der Waals surface area (Å²) in [4.78, 5) is 12.7. The number of hydrogen-bond donors (Lipinski definition) is 2. The number of rotatable bonds is 4. The molecule has 3 rings (SSSR count). The van der Waals surface area contributed by atoms with Crippen LogP contribution in [0.4, 0.5) is 5.69 Å². The predicted molar refractivity (Wildman–Crippen MR) is 88.4 cm³/mol. The predicted octanol–water partition coefficient (Wildman–Crippen LogP) is 2.79. The van der Waals surface area contributed by atoms with E-state index in [1.165, 1.54) is 5.56 Å². The summed E-state index contributed by atoms with van der Waals surface area (Å²) in [7, 11) is 0. The van der Waals surface area contributed by atoms with Crippen molar-refractivity contribution in [1.29, 1.82) is 0 Å². The minimum Gasteiger partial charge on any atom is -0.393 e. The van der Waals surface area contributed by atoms with Crippen LogP contribution < -0.4 is 11.1 Å². The molecule has 0 aromatic heterocycles. The first kappa shape index (κ1) is 13.8. The van der Waals surface area contributed by atoms with E-state index in [9.17, 15) is 4.79 Å². The van der Waals surface area contributed by atoms with Crippen molar-refractivity contribution in [3.63, 3.8) is 0 Å². The van der Waals surface area contributed by atoms with E-state index in [0.717, 1.165) is 23.2 Å². The molecule has 0 bridgehead atoms. The van der Waals surface area contributed by atoms with Crippen LogP contribution in [0.1, 0.15) is 22.6 Å². The molecule has 0 saturated carbocycles. The number of anilines is 1. The molecule has 1 atom stereocenters. The van der Waals surface area contributed by atoms with E-state index in [4.69, 9.17) is 18.0 Å². The van der Waals surface area contributed by atoms with Gasteiger partial charge < -0.3 is 11.1 Å². The van der Waals surface area contributed by atoms with Crippen molar-refractivity contribution in [1.82, 2.24) is 0 Å². The number of carbonyl (C=O) groups is 1. The average Bonchev–Trinajstić information content (AvgIpc) is 2.42. The fraction of sp³-hybridized carbons (Fsp3) is 0.176. The first-order valence-corrected chi connectivity index (χ1v) is 7.30. The number of amides is 1. The molecule has 0 saturated heterocycles. The van der Waals surface area contributed by atoms with Crippen LogP contribution in [0.15, 0.2) is 48.5 Å². The van der Waals surface area contributed by atoms with Gasteiger partial charge in [0.05, 0.1) is 10.9 Å². The molecule has 1 amide bonds. The van der Waals surface area contributed by atoms with E-state index in [2.05, 4.69) is 11.4 Å². The summed E-state index contributed by atoms with van der Waals surface area (Å²) in [6, 6.07) is 15.7. The molecule has 0 spiro atoms. The van der Waals surface area contributed by atoms with Gasteiger partial charge in [-0.05, 0) is 35.2 Å². The van der Waals surface area contributed by atoms with E-state index in [1.54, 1.807) is 0 Å². The largest absolute Gasteiger partial charge is 0.393 e. The van der Waals surface area contributed by atoms with Gasteiger partial charge in [0.25, 0.3) is 0 Å². The number of hydrogen-bond acceptors (Lipinski definition) is 2. The van der Waals surface area contributed by atoms with Gasteiger partial charge in [0.1, 0.15) is 0 Å². The third kappa shape index (κ3) is 2.95. The molecule has 3 nitrogen and oxygen atoms in total. The molecule has 0 radical (unpaired) electrons. The Hall–Kier alpha value is -2.20. The molecular weight excluding hydrogens is 280 g/mol. The van der Waals surface area contributed by atoms with E-state index >= 15 is 0 Å². The number of benzene rings is 2. The Bertz CT molecular complexity index is 694. The SMILES string of the molecule is NC(=S)Cc1ccc(NC(=O)C2Cc3ccccc32)cc1. The molecule has 4 heteroatoms. The van der Waals surface area contributed by atoms with Gasteiger partial charge >= 0.3 is 0 Å². The van der Waals surface area contributed by atoms with Crippen LogP contribution in [0.5, 0.6) is 0 Å². The van der Waals surface area contributed by atoms with Crippen molar-refractivity contribution in [2.24, 2.45) is 5.73 Å². The van der Waals surface area contributed by atoms with Gasteiger partial charge in [-0.3, -0.25) is 4.79 Å². The summed E-state index contributed by atoms with van der Waals surface area (Å²) in [5, 5.41) is 2.96. The second-order valence-electron chi connectivity index (χ2n) is 5.28. The maximum Gasteiger partial charge on any atom is 0.232 e. The molecule has 1 unspecified atom stereocenters. The third-order valence-corrected chi connectivity index (χ3v) is 3.92. The Kier molecular flexibility index (Phi) is 3.71. The summed E-state index contributed by atoms with van der Waals surface area (Å²) in [5.41, 5.74) is 9.77. The first-order valence-electron chi connectivity index (χ1n) is 6.89. The zero-order valence-electron chi connectivity index (χ0n) is 11.5. The summed E-state index contributed by atoms with van der Waals surface area (Å²) in [6.45, 7) is 0. The minimum atomic E-state index is -0.0301. The highest BCUT2D eigenvalue weighted by molar-refractivity contribution is 7.80. The second kappa shape index (κ2) is 5.66. The lowest BCUT2D eigenvalue weighted by Crippen LogP contribution is -2.30. The molecule has 0 aliphatic heterocycles. The van der Waals surface area contributed by atoms with Crippen LogP contribution in [0.3, 0.4) is 0 Å². The lowest BCUT2D eigenvalue weighted by Gasteiger charge is -2.28. The molecule has 0 fully saturated rings. The summed E-state index contributed by atoms with van der Waals surface area (Å²) < 4.78 is 0. The monoisotopic (exact) mass is 296 g/mol. The molecule has 1 aliphatic rings.